The highest BCUT2D eigenvalue weighted by Crippen LogP contribution is 2.32. The van der Waals surface area contributed by atoms with Crippen molar-refractivity contribution in [1.29, 1.82) is 5.41 Å². The van der Waals surface area contributed by atoms with E-state index in [0.29, 0.717) is 22.1 Å². The number of aliphatic imine (C=N–C) groups is 1. The fraction of sp³-hybridized carbons (Fsp3) is 0.120. The number of rotatable bonds is 6. The predicted molar refractivity (Wildman–Crippen MR) is 137 cm³/mol. The van der Waals surface area contributed by atoms with Gasteiger partial charge in [0.25, 0.3) is 11.6 Å². The Morgan fingerprint density at radius 3 is 2.75 bits per heavy atom. The molecule has 0 atom stereocenters. The first kappa shape index (κ1) is 23.2. The zero-order chi connectivity index (χ0) is 25.4. The Morgan fingerprint density at radius 2 is 1.97 bits per heavy atom. The zero-order valence-corrected chi connectivity index (χ0v) is 20.0. The third-order valence-corrected chi connectivity index (χ3v) is 6.43. The number of para-hydroxylation sites is 1. The molecule has 0 radical (unpaired) electrons. The van der Waals surface area contributed by atoms with Crippen molar-refractivity contribution in [2.45, 2.75) is 13.8 Å². The molecule has 180 valence electrons. The first-order valence-electron chi connectivity index (χ1n) is 10.8. The van der Waals surface area contributed by atoms with Gasteiger partial charge in [-0.2, -0.15) is 15.1 Å². The van der Waals surface area contributed by atoms with Crippen molar-refractivity contribution in [3.63, 3.8) is 0 Å². The fourth-order valence-electron chi connectivity index (χ4n) is 3.65. The average Bonchev–Trinajstić information content (AvgIpc) is 3.48. The zero-order valence-electron chi connectivity index (χ0n) is 19.2. The first-order chi connectivity index (χ1) is 17.3. The number of thioether (sulfide) groups is 1. The van der Waals surface area contributed by atoms with Gasteiger partial charge in [0.05, 0.1) is 10.5 Å². The lowest BCUT2D eigenvalue weighted by Gasteiger charge is -2.19. The lowest BCUT2D eigenvalue weighted by molar-refractivity contribution is -0.384. The minimum absolute atomic E-state index is 0.0147. The van der Waals surface area contributed by atoms with E-state index in [-0.39, 0.29) is 28.9 Å². The molecule has 0 bridgehead atoms. The van der Waals surface area contributed by atoms with E-state index >= 15 is 0 Å². The molecule has 3 aromatic rings. The second-order valence-corrected chi connectivity index (χ2v) is 9.07. The fourth-order valence-corrected chi connectivity index (χ4v) is 4.45. The topological polar surface area (TPSA) is 134 Å². The molecule has 0 saturated heterocycles. The number of aryl methyl sites for hydroxylation is 2. The molecule has 0 fully saturated rings. The van der Waals surface area contributed by atoms with E-state index < -0.39 is 10.8 Å². The lowest BCUT2D eigenvalue weighted by Crippen LogP contribution is -2.35. The van der Waals surface area contributed by atoms with Crippen molar-refractivity contribution in [2.24, 2.45) is 10.1 Å². The Hall–Kier alpha value is -4.51. The number of hydrogen-bond donors (Lipinski definition) is 1. The molecule has 2 aliphatic heterocycles. The van der Waals surface area contributed by atoms with E-state index in [9.17, 15) is 14.9 Å². The lowest BCUT2D eigenvalue weighted by atomic mass is 10.1. The van der Waals surface area contributed by atoms with Crippen molar-refractivity contribution in [3.05, 3.63) is 87.2 Å². The van der Waals surface area contributed by atoms with Crippen LogP contribution in [-0.4, -0.2) is 38.5 Å². The van der Waals surface area contributed by atoms with Crippen LogP contribution in [0.4, 0.5) is 5.69 Å². The molecule has 3 heterocycles. The number of ether oxygens (including phenoxy) is 1. The molecule has 0 aliphatic carbocycles. The van der Waals surface area contributed by atoms with Crippen LogP contribution in [0, 0.1) is 29.4 Å². The Balaban J connectivity index is 1.36. The van der Waals surface area contributed by atoms with Gasteiger partial charge in [-0.05, 0) is 61.0 Å². The predicted octanol–water partition coefficient (Wildman–Crippen LogP) is 5.17. The van der Waals surface area contributed by atoms with Gasteiger partial charge in [0.2, 0.25) is 5.17 Å². The average molecular weight is 502 g/mol. The number of amidine groups is 2. The first-order valence-corrected chi connectivity index (χ1v) is 11.6. The number of fused-ring (bicyclic) bond motifs is 1. The molecule has 2 aliphatic rings. The van der Waals surface area contributed by atoms with Crippen LogP contribution in [0.25, 0.3) is 17.4 Å². The van der Waals surface area contributed by atoms with Gasteiger partial charge in [0, 0.05) is 17.7 Å². The maximum absolute atomic E-state index is 12.7. The van der Waals surface area contributed by atoms with E-state index in [2.05, 4.69) is 10.1 Å². The van der Waals surface area contributed by atoms with Crippen molar-refractivity contribution < 1.29 is 18.9 Å². The number of furan rings is 1. The van der Waals surface area contributed by atoms with Crippen LogP contribution < -0.4 is 4.74 Å². The van der Waals surface area contributed by atoms with Crippen molar-refractivity contribution in [3.8, 4) is 17.1 Å². The third kappa shape index (κ3) is 4.43. The summed E-state index contributed by atoms with van der Waals surface area (Å²) in [5, 5.41) is 26.2. The second kappa shape index (κ2) is 9.27. The third-order valence-electron chi connectivity index (χ3n) is 5.55. The van der Waals surface area contributed by atoms with Crippen LogP contribution in [0.3, 0.4) is 0 Å². The molecule has 5 rings (SSSR count). The summed E-state index contributed by atoms with van der Waals surface area (Å²) in [5.41, 5.74) is 2.32. The summed E-state index contributed by atoms with van der Waals surface area (Å²) in [6.45, 7) is 3.94. The van der Waals surface area contributed by atoms with E-state index in [4.69, 9.17) is 14.6 Å². The Labute approximate surface area is 209 Å². The van der Waals surface area contributed by atoms with Crippen LogP contribution in [0.15, 0.2) is 74.7 Å². The molecule has 0 saturated carbocycles. The molecule has 1 aromatic heterocycles. The summed E-state index contributed by atoms with van der Waals surface area (Å²) < 4.78 is 11.7. The maximum atomic E-state index is 12.7. The van der Waals surface area contributed by atoms with Gasteiger partial charge in [0.15, 0.2) is 5.84 Å². The van der Waals surface area contributed by atoms with Crippen LogP contribution >= 0.6 is 11.8 Å². The summed E-state index contributed by atoms with van der Waals surface area (Å²) in [4.78, 5) is 27.4. The molecule has 10 nitrogen and oxygen atoms in total. The quantitative estimate of drug-likeness (QED) is 0.280. The van der Waals surface area contributed by atoms with Gasteiger partial charge in [-0.1, -0.05) is 24.3 Å². The number of nitro groups is 1. The maximum Gasteiger partial charge on any atom is 0.283 e. The Kier molecular flexibility index (Phi) is 5.98. The Bertz CT molecular complexity index is 1520. The summed E-state index contributed by atoms with van der Waals surface area (Å²) in [6.07, 6.45) is 1.42. The van der Waals surface area contributed by atoms with Gasteiger partial charge in [-0.3, -0.25) is 20.3 Å². The monoisotopic (exact) mass is 501 g/mol. The number of nitrogens with zero attached hydrogens (tertiary/aromatic N) is 4. The summed E-state index contributed by atoms with van der Waals surface area (Å²) in [6, 6.07) is 15.4. The molecular weight excluding hydrogens is 482 g/mol. The smallest absolute Gasteiger partial charge is 0.283 e. The van der Waals surface area contributed by atoms with Crippen molar-refractivity contribution >= 4 is 45.5 Å². The normalized spacial score (nSPS) is 16.2. The number of non-ortho nitro benzene ring substituents is 1. The summed E-state index contributed by atoms with van der Waals surface area (Å²) in [7, 11) is 0. The standard InChI is InChI=1S/C25H19N5O5S/c1-14-7-8-16(30(32)33)11-18(14)21-10-9-17(35-21)12-19-23(26)29-25(27-24(19)31)36-22(28-29)13-34-20-6-4-3-5-15(20)2/h3-12,26H,13H2,1-2H3/b19-12+,26-23?. The number of hydrazone groups is 1. The number of carbonyl (C=O) groups excluding carboxylic acids is 1. The second-order valence-electron chi connectivity index (χ2n) is 8.03. The summed E-state index contributed by atoms with van der Waals surface area (Å²) >= 11 is 1.18. The van der Waals surface area contributed by atoms with Crippen LogP contribution in [-0.2, 0) is 4.79 Å². The SMILES string of the molecule is Cc1ccccc1OCC1=NN2C(=N)/C(=C\c3ccc(-c4cc([N+](=O)[O-])ccc4C)o3)C(=O)N=C2S1. The number of amides is 1. The molecule has 1 N–H and O–H groups in total. The molecular formula is C25H19N5O5S. The number of carbonyl (C=O) groups is 1. The van der Waals surface area contributed by atoms with Crippen LogP contribution in [0.5, 0.6) is 5.75 Å². The minimum atomic E-state index is -0.584. The molecule has 0 unspecified atom stereocenters. The van der Waals surface area contributed by atoms with E-state index in [0.717, 1.165) is 16.9 Å². The van der Waals surface area contributed by atoms with E-state index in [1.165, 1.54) is 35.0 Å². The number of nitro benzene ring substituents is 1. The van der Waals surface area contributed by atoms with E-state index in [1.807, 2.05) is 38.1 Å². The van der Waals surface area contributed by atoms with Gasteiger partial charge >= 0.3 is 0 Å². The van der Waals surface area contributed by atoms with Crippen molar-refractivity contribution in [2.75, 3.05) is 6.61 Å². The van der Waals surface area contributed by atoms with Gasteiger partial charge in [-0.15, -0.1) is 0 Å². The Morgan fingerprint density at radius 1 is 1.17 bits per heavy atom. The molecule has 0 spiro atoms. The number of hydrogen-bond acceptors (Lipinski definition) is 8. The minimum Gasteiger partial charge on any atom is -0.486 e. The van der Waals surface area contributed by atoms with Gasteiger partial charge < -0.3 is 9.15 Å². The van der Waals surface area contributed by atoms with Gasteiger partial charge in [-0.25, -0.2) is 0 Å². The van der Waals surface area contributed by atoms with Gasteiger partial charge in [0.1, 0.15) is 28.9 Å². The molecule has 1 amide bonds. The largest absolute Gasteiger partial charge is 0.486 e. The van der Waals surface area contributed by atoms with Crippen LogP contribution in [0.1, 0.15) is 16.9 Å². The summed E-state index contributed by atoms with van der Waals surface area (Å²) in [5.74, 6) is 0.730. The van der Waals surface area contributed by atoms with Crippen molar-refractivity contribution in [1.82, 2.24) is 5.01 Å². The molecule has 36 heavy (non-hydrogen) atoms. The van der Waals surface area contributed by atoms with E-state index in [1.54, 1.807) is 18.2 Å². The highest BCUT2D eigenvalue weighted by Gasteiger charge is 2.36. The number of nitrogens with one attached hydrogen (secondary N) is 1. The number of benzene rings is 2. The van der Waals surface area contributed by atoms with Crippen LogP contribution in [0.2, 0.25) is 0 Å². The highest BCUT2D eigenvalue weighted by molar-refractivity contribution is 8.27. The highest BCUT2D eigenvalue weighted by atomic mass is 32.2. The molecule has 11 heteroatoms. The molecule has 2 aromatic carbocycles.